The van der Waals surface area contributed by atoms with E-state index in [1.807, 2.05) is 19.9 Å². The molecular weight excluding hydrogens is 128 g/mol. The van der Waals surface area contributed by atoms with Gasteiger partial charge >= 0.3 is 0 Å². The molecule has 0 radical (unpaired) electrons. The van der Waals surface area contributed by atoms with Crippen LogP contribution in [0.15, 0.2) is 23.3 Å². The first-order valence-corrected chi connectivity index (χ1v) is 3.22. The number of rotatable bonds is 2. The van der Waals surface area contributed by atoms with Crippen molar-refractivity contribution in [3.05, 3.63) is 23.3 Å². The Bertz CT molecular complexity index is 151. The smallest absolute Gasteiger partial charge is 0.174 e. The zero-order chi connectivity index (χ0) is 8.15. The summed E-state index contributed by atoms with van der Waals surface area (Å²) in [6.07, 6.45) is 2.21. The minimum atomic E-state index is -1.32. The van der Waals surface area contributed by atoms with Crippen molar-refractivity contribution in [1.82, 2.24) is 0 Å². The summed E-state index contributed by atoms with van der Waals surface area (Å²) in [5, 5.41) is 17.2. The molecule has 0 aromatic carbocycles. The van der Waals surface area contributed by atoms with Crippen molar-refractivity contribution in [1.29, 1.82) is 0 Å². The second-order valence-electron chi connectivity index (χ2n) is 2.53. The Labute approximate surface area is 61.5 Å². The molecule has 0 atom stereocenters. The Morgan fingerprint density at radius 3 is 1.90 bits per heavy atom. The SMILES string of the molecule is CC(C)=CC=C(C)C(O)O. The van der Waals surface area contributed by atoms with Crippen LogP contribution < -0.4 is 0 Å². The van der Waals surface area contributed by atoms with E-state index in [1.54, 1.807) is 13.0 Å². The van der Waals surface area contributed by atoms with E-state index < -0.39 is 6.29 Å². The molecule has 0 fully saturated rings. The van der Waals surface area contributed by atoms with E-state index in [0.717, 1.165) is 5.57 Å². The molecule has 58 valence electrons. The number of hydrogen-bond donors (Lipinski definition) is 2. The lowest BCUT2D eigenvalue weighted by Crippen LogP contribution is -2.04. The molecule has 0 unspecified atom stereocenters. The molecular formula is C8H14O2. The van der Waals surface area contributed by atoms with Crippen LogP contribution in [0.2, 0.25) is 0 Å². The van der Waals surface area contributed by atoms with Gasteiger partial charge in [-0.25, -0.2) is 0 Å². The normalized spacial score (nSPS) is 12.0. The first-order chi connectivity index (χ1) is 4.54. The van der Waals surface area contributed by atoms with Gasteiger partial charge in [0.15, 0.2) is 6.29 Å². The number of hydrogen-bond acceptors (Lipinski definition) is 2. The summed E-state index contributed by atoms with van der Waals surface area (Å²) in [7, 11) is 0. The van der Waals surface area contributed by atoms with Gasteiger partial charge in [0.05, 0.1) is 0 Å². The van der Waals surface area contributed by atoms with Gasteiger partial charge in [0.25, 0.3) is 0 Å². The first kappa shape index (κ1) is 9.40. The summed E-state index contributed by atoms with van der Waals surface area (Å²) in [5.74, 6) is 0. The molecule has 0 aromatic rings. The molecule has 0 bridgehead atoms. The molecule has 0 aliphatic heterocycles. The van der Waals surface area contributed by atoms with Crippen molar-refractivity contribution in [2.75, 3.05) is 0 Å². The van der Waals surface area contributed by atoms with Gasteiger partial charge in [0, 0.05) is 0 Å². The third-order valence-electron chi connectivity index (χ3n) is 1.09. The highest BCUT2D eigenvalue weighted by Crippen LogP contribution is 1.99. The molecule has 0 amide bonds. The van der Waals surface area contributed by atoms with E-state index in [-0.39, 0.29) is 0 Å². The maximum absolute atomic E-state index is 8.59. The van der Waals surface area contributed by atoms with Gasteiger partial charge in [0.2, 0.25) is 0 Å². The molecule has 0 heterocycles. The summed E-state index contributed by atoms with van der Waals surface area (Å²) in [6, 6.07) is 0. The second kappa shape index (κ2) is 4.25. The fraction of sp³-hybridized carbons (Fsp3) is 0.500. The quantitative estimate of drug-likeness (QED) is 0.449. The van der Waals surface area contributed by atoms with Gasteiger partial charge in [-0.1, -0.05) is 17.7 Å². The molecule has 0 saturated carbocycles. The van der Waals surface area contributed by atoms with Crippen LogP contribution in [-0.2, 0) is 0 Å². The molecule has 0 aliphatic carbocycles. The number of aliphatic hydroxyl groups is 2. The third-order valence-corrected chi connectivity index (χ3v) is 1.09. The van der Waals surface area contributed by atoms with E-state index in [4.69, 9.17) is 10.2 Å². The summed E-state index contributed by atoms with van der Waals surface area (Å²) in [5.41, 5.74) is 1.70. The molecule has 0 rings (SSSR count). The highest BCUT2D eigenvalue weighted by atomic mass is 16.5. The maximum Gasteiger partial charge on any atom is 0.174 e. The van der Waals surface area contributed by atoms with Crippen LogP contribution >= 0.6 is 0 Å². The van der Waals surface area contributed by atoms with Crippen molar-refractivity contribution in [3.8, 4) is 0 Å². The minimum Gasteiger partial charge on any atom is -0.365 e. The van der Waals surface area contributed by atoms with Gasteiger partial charge in [-0.2, -0.15) is 0 Å². The largest absolute Gasteiger partial charge is 0.365 e. The van der Waals surface area contributed by atoms with Crippen LogP contribution in [0.5, 0.6) is 0 Å². The van der Waals surface area contributed by atoms with Crippen molar-refractivity contribution >= 4 is 0 Å². The summed E-state index contributed by atoms with van der Waals surface area (Å²) >= 11 is 0. The average molecular weight is 142 g/mol. The zero-order valence-electron chi connectivity index (χ0n) is 6.63. The Hall–Kier alpha value is -0.600. The lowest BCUT2D eigenvalue weighted by atomic mass is 10.2. The van der Waals surface area contributed by atoms with Crippen LogP contribution in [0.3, 0.4) is 0 Å². The lowest BCUT2D eigenvalue weighted by molar-refractivity contribution is -0.00760. The van der Waals surface area contributed by atoms with Crippen molar-refractivity contribution < 1.29 is 10.2 Å². The van der Waals surface area contributed by atoms with E-state index in [1.165, 1.54) is 0 Å². The molecule has 0 aromatic heterocycles. The summed E-state index contributed by atoms with van der Waals surface area (Å²) in [4.78, 5) is 0. The van der Waals surface area contributed by atoms with Gasteiger partial charge in [-0.05, 0) is 26.3 Å². The number of allylic oxidation sites excluding steroid dienone is 3. The van der Waals surface area contributed by atoms with Crippen molar-refractivity contribution in [2.24, 2.45) is 0 Å². The van der Waals surface area contributed by atoms with Crippen molar-refractivity contribution in [2.45, 2.75) is 27.1 Å². The lowest BCUT2D eigenvalue weighted by Gasteiger charge is -2.00. The Morgan fingerprint density at radius 1 is 1.10 bits per heavy atom. The fourth-order valence-corrected chi connectivity index (χ4v) is 0.384. The predicted molar refractivity (Wildman–Crippen MR) is 41.4 cm³/mol. The topological polar surface area (TPSA) is 40.5 Å². The second-order valence-corrected chi connectivity index (χ2v) is 2.53. The highest BCUT2D eigenvalue weighted by Gasteiger charge is 1.95. The Kier molecular flexibility index (Phi) is 4.00. The monoisotopic (exact) mass is 142 g/mol. The molecule has 0 aliphatic rings. The standard InChI is InChI=1S/C8H14O2/c1-6(2)4-5-7(3)8(9)10/h4-5,8-10H,1-3H3. The first-order valence-electron chi connectivity index (χ1n) is 3.22. The zero-order valence-corrected chi connectivity index (χ0v) is 6.63. The van der Waals surface area contributed by atoms with Crippen LogP contribution in [0, 0.1) is 0 Å². The summed E-state index contributed by atoms with van der Waals surface area (Å²) < 4.78 is 0. The number of aliphatic hydroxyl groups excluding tert-OH is 1. The van der Waals surface area contributed by atoms with E-state index in [2.05, 4.69) is 0 Å². The highest BCUT2D eigenvalue weighted by molar-refractivity contribution is 5.15. The van der Waals surface area contributed by atoms with Crippen LogP contribution in [0.25, 0.3) is 0 Å². The Morgan fingerprint density at radius 2 is 1.60 bits per heavy atom. The Balaban J connectivity index is 4.05. The van der Waals surface area contributed by atoms with E-state index >= 15 is 0 Å². The molecule has 2 heteroatoms. The van der Waals surface area contributed by atoms with Gasteiger partial charge in [-0.3, -0.25) is 0 Å². The van der Waals surface area contributed by atoms with Gasteiger partial charge in [-0.15, -0.1) is 0 Å². The maximum atomic E-state index is 8.59. The van der Waals surface area contributed by atoms with Crippen LogP contribution in [0.4, 0.5) is 0 Å². The molecule has 2 nitrogen and oxygen atoms in total. The molecule has 2 N–H and O–H groups in total. The molecule has 0 spiro atoms. The van der Waals surface area contributed by atoms with Crippen LogP contribution in [0.1, 0.15) is 20.8 Å². The van der Waals surface area contributed by atoms with Crippen molar-refractivity contribution in [3.63, 3.8) is 0 Å². The predicted octanol–water partition coefficient (Wildman–Crippen LogP) is 1.21. The molecule has 10 heavy (non-hydrogen) atoms. The fourth-order valence-electron chi connectivity index (χ4n) is 0.384. The summed E-state index contributed by atoms with van der Waals surface area (Å²) in [6.45, 7) is 5.57. The van der Waals surface area contributed by atoms with E-state index in [0.29, 0.717) is 5.57 Å². The third kappa shape index (κ3) is 4.30. The van der Waals surface area contributed by atoms with Gasteiger partial charge in [0.1, 0.15) is 0 Å². The minimum absolute atomic E-state index is 0.557. The van der Waals surface area contributed by atoms with E-state index in [9.17, 15) is 0 Å². The molecule has 0 saturated heterocycles. The van der Waals surface area contributed by atoms with Gasteiger partial charge < -0.3 is 10.2 Å². The average Bonchev–Trinajstić information content (AvgIpc) is 1.82. The van der Waals surface area contributed by atoms with Crippen LogP contribution in [-0.4, -0.2) is 16.5 Å².